The highest BCUT2D eigenvalue weighted by Gasteiger charge is 2.37. The summed E-state index contributed by atoms with van der Waals surface area (Å²) in [4.78, 5) is 18.9. The van der Waals surface area contributed by atoms with Gasteiger partial charge in [-0.05, 0) is 36.5 Å². The molecule has 166 valence electrons. The number of hydrogen-bond donors (Lipinski definition) is 0. The highest BCUT2D eigenvalue weighted by atomic mass is 35.5. The summed E-state index contributed by atoms with van der Waals surface area (Å²) in [5.41, 5.74) is 1.41. The van der Waals surface area contributed by atoms with E-state index < -0.39 is 8.32 Å². The number of pyridine rings is 1. The lowest BCUT2D eigenvalue weighted by molar-refractivity contribution is -0.123. The quantitative estimate of drug-likeness (QED) is 0.480. The lowest BCUT2D eigenvalue weighted by atomic mass is 10.2. The van der Waals surface area contributed by atoms with Crippen LogP contribution in [0.1, 0.15) is 27.7 Å². The summed E-state index contributed by atoms with van der Waals surface area (Å²) in [5.74, 6) is 0.598. The molecule has 2 aromatic heterocycles. The van der Waals surface area contributed by atoms with E-state index in [4.69, 9.17) is 16.0 Å². The molecule has 0 bridgehead atoms. The monoisotopic (exact) mass is 468 g/mol. The molecule has 2 aromatic rings. The molecule has 2 heterocycles. The number of carbonyl (C=O) groups excluding carboxylic acids is 1. The van der Waals surface area contributed by atoms with Crippen LogP contribution in [0.15, 0.2) is 30.7 Å². The van der Waals surface area contributed by atoms with Gasteiger partial charge in [0.15, 0.2) is 8.32 Å². The van der Waals surface area contributed by atoms with Crippen LogP contribution in [0.5, 0.6) is 0 Å². The molecular formula is C21H33ClN4O2SSi. The van der Waals surface area contributed by atoms with E-state index >= 15 is 0 Å². The van der Waals surface area contributed by atoms with Gasteiger partial charge < -0.3 is 4.43 Å². The van der Waals surface area contributed by atoms with E-state index in [1.54, 1.807) is 40.2 Å². The topological polar surface area (TPSA) is 60.2 Å². The molecule has 0 spiro atoms. The molecule has 30 heavy (non-hydrogen) atoms. The maximum atomic E-state index is 13.2. The Labute approximate surface area is 190 Å². The molecule has 9 heteroatoms. The Kier molecular flexibility index (Phi) is 8.56. The lowest BCUT2D eigenvalue weighted by Crippen LogP contribution is -2.48. The first-order valence-corrected chi connectivity index (χ1v) is 14.8. The smallest absolute Gasteiger partial charge is 0.246 e. The van der Waals surface area contributed by atoms with Crippen LogP contribution in [0.3, 0.4) is 0 Å². The third kappa shape index (κ3) is 6.09. The number of carbonyl (C=O) groups is 1. The highest BCUT2D eigenvalue weighted by molar-refractivity contribution is 7.98. The summed E-state index contributed by atoms with van der Waals surface area (Å²) in [7, 11) is -1.91. The molecule has 6 nitrogen and oxygen atoms in total. The number of nitrogens with zero attached hydrogens (tertiary/aromatic N) is 4. The second-order valence-electron chi connectivity index (χ2n) is 8.91. The number of rotatable bonds is 9. The molecule has 0 N–H and O–H groups in total. The SMILES string of the molecule is CSCC(C)C(=O)N(CCO[Si](C)(C)C(C)(C)C)n1cc(Cl)c(-c2cccnc2)n1. The van der Waals surface area contributed by atoms with E-state index in [1.165, 1.54) is 0 Å². The zero-order valence-electron chi connectivity index (χ0n) is 19.0. The van der Waals surface area contributed by atoms with Crippen molar-refractivity contribution in [1.82, 2.24) is 14.9 Å². The van der Waals surface area contributed by atoms with Crippen LogP contribution in [0.4, 0.5) is 0 Å². The van der Waals surface area contributed by atoms with Gasteiger partial charge >= 0.3 is 0 Å². The molecule has 1 atom stereocenters. The first-order valence-electron chi connectivity index (χ1n) is 10.1. The van der Waals surface area contributed by atoms with Crippen LogP contribution in [0.2, 0.25) is 23.2 Å². The van der Waals surface area contributed by atoms with Gasteiger partial charge in [0.25, 0.3) is 0 Å². The van der Waals surface area contributed by atoms with E-state index in [1.807, 2.05) is 25.3 Å². The summed E-state index contributed by atoms with van der Waals surface area (Å²) in [5, 5.41) is 6.83. The first-order chi connectivity index (χ1) is 14.0. The van der Waals surface area contributed by atoms with Crippen molar-refractivity contribution < 1.29 is 9.22 Å². The zero-order valence-corrected chi connectivity index (χ0v) is 21.5. The standard InChI is InChI=1S/C21H33ClN4O2SSi/c1-16(15-29-5)20(27)25(11-12-28-30(6,7)21(2,3)4)26-14-18(22)19(24-26)17-9-8-10-23-13-17/h8-10,13-14,16H,11-12,15H2,1-7H3. The fourth-order valence-electron chi connectivity index (χ4n) is 2.66. The number of hydrogen-bond acceptors (Lipinski definition) is 5. The number of aromatic nitrogens is 3. The minimum atomic E-state index is -1.91. The Bertz CT molecular complexity index is 839. The third-order valence-corrected chi connectivity index (χ3v) is 11.2. The normalized spacial score (nSPS) is 13.3. The van der Waals surface area contributed by atoms with Crippen LogP contribution in [-0.2, 0) is 9.22 Å². The lowest BCUT2D eigenvalue weighted by Gasteiger charge is -2.37. The molecule has 0 aliphatic heterocycles. The molecule has 2 rings (SSSR count). The van der Waals surface area contributed by atoms with Crippen molar-refractivity contribution in [3.05, 3.63) is 35.7 Å². The van der Waals surface area contributed by atoms with Crippen molar-refractivity contribution in [3.8, 4) is 11.3 Å². The van der Waals surface area contributed by atoms with E-state index in [0.717, 1.165) is 11.3 Å². The summed E-state index contributed by atoms with van der Waals surface area (Å²) >= 11 is 8.11. The van der Waals surface area contributed by atoms with Crippen LogP contribution in [-0.4, -0.2) is 54.3 Å². The Balaban J connectivity index is 2.27. The molecule has 0 aliphatic rings. The predicted octanol–water partition coefficient (Wildman–Crippen LogP) is 5.08. The number of halogens is 1. The average molecular weight is 469 g/mol. The minimum Gasteiger partial charge on any atom is -0.415 e. The highest BCUT2D eigenvalue weighted by Crippen LogP contribution is 2.36. The Morgan fingerprint density at radius 3 is 2.67 bits per heavy atom. The molecule has 0 aromatic carbocycles. The van der Waals surface area contributed by atoms with Gasteiger partial charge in [0, 0.05) is 29.6 Å². The predicted molar refractivity (Wildman–Crippen MR) is 129 cm³/mol. The molecule has 0 fully saturated rings. The maximum absolute atomic E-state index is 13.2. The zero-order chi connectivity index (χ0) is 22.5. The van der Waals surface area contributed by atoms with Gasteiger partial charge in [-0.2, -0.15) is 21.7 Å². The van der Waals surface area contributed by atoms with Crippen LogP contribution >= 0.6 is 23.4 Å². The second kappa shape index (κ2) is 10.3. The second-order valence-corrected chi connectivity index (χ2v) is 15.0. The number of thioether (sulfide) groups is 1. The van der Waals surface area contributed by atoms with E-state index in [-0.39, 0.29) is 16.9 Å². The van der Waals surface area contributed by atoms with Gasteiger partial charge in [-0.25, -0.2) is 5.01 Å². The van der Waals surface area contributed by atoms with Gasteiger partial charge in [0.1, 0.15) is 5.69 Å². The van der Waals surface area contributed by atoms with Gasteiger partial charge in [-0.3, -0.25) is 9.78 Å². The Morgan fingerprint density at radius 2 is 2.10 bits per heavy atom. The average Bonchev–Trinajstić information content (AvgIpc) is 3.06. The van der Waals surface area contributed by atoms with E-state index in [0.29, 0.717) is 23.9 Å². The molecule has 0 saturated carbocycles. The molecule has 0 aliphatic carbocycles. The molecule has 1 unspecified atom stereocenters. The number of amides is 1. The molecule has 0 radical (unpaired) electrons. The van der Waals surface area contributed by atoms with Crippen molar-refractivity contribution in [2.24, 2.45) is 5.92 Å². The molecule has 1 amide bonds. The van der Waals surface area contributed by atoms with Crippen LogP contribution in [0.25, 0.3) is 11.3 Å². The fourth-order valence-corrected chi connectivity index (χ4v) is 4.57. The van der Waals surface area contributed by atoms with Gasteiger partial charge in [0.2, 0.25) is 5.91 Å². The fraction of sp³-hybridized carbons (Fsp3) is 0.571. The largest absolute Gasteiger partial charge is 0.415 e. The van der Waals surface area contributed by atoms with Crippen molar-refractivity contribution in [3.63, 3.8) is 0 Å². The first kappa shape index (κ1) is 24.9. The van der Waals surface area contributed by atoms with Crippen molar-refractivity contribution >= 4 is 37.6 Å². The van der Waals surface area contributed by atoms with Crippen molar-refractivity contribution in [2.45, 2.75) is 45.8 Å². The molecular weight excluding hydrogens is 436 g/mol. The molecule has 0 saturated heterocycles. The summed E-state index contributed by atoms with van der Waals surface area (Å²) in [6, 6.07) is 3.73. The minimum absolute atomic E-state index is 0.0000785. The van der Waals surface area contributed by atoms with Gasteiger partial charge in [-0.1, -0.05) is 39.3 Å². The van der Waals surface area contributed by atoms with Gasteiger partial charge in [-0.15, -0.1) is 0 Å². The van der Waals surface area contributed by atoms with Crippen molar-refractivity contribution in [2.75, 3.05) is 30.2 Å². The van der Waals surface area contributed by atoms with Crippen LogP contribution < -0.4 is 5.01 Å². The third-order valence-electron chi connectivity index (χ3n) is 5.50. The summed E-state index contributed by atoms with van der Waals surface area (Å²) in [6.45, 7) is 13.8. The maximum Gasteiger partial charge on any atom is 0.246 e. The van der Waals surface area contributed by atoms with Gasteiger partial charge in [0.05, 0.1) is 24.4 Å². The Morgan fingerprint density at radius 1 is 1.40 bits per heavy atom. The van der Waals surface area contributed by atoms with E-state index in [2.05, 4.69) is 43.9 Å². The van der Waals surface area contributed by atoms with E-state index in [9.17, 15) is 4.79 Å². The van der Waals surface area contributed by atoms with Crippen molar-refractivity contribution in [1.29, 1.82) is 0 Å². The Hall–Kier alpha value is -1.35. The van der Waals surface area contributed by atoms with Crippen LogP contribution in [0, 0.1) is 5.92 Å². The summed E-state index contributed by atoms with van der Waals surface area (Å²) < 4.78 is 6.31. The summed E-state index contributed by atoms with van der Waals surface area (Å²) in [6.07, 6.45) is 7.09.